The molecule has 0 spiro atoms. The van der Waals surface area contributed by atoms with Gasteiger partial charge in [-0.25, -0.2) is 8.42 Å². The Labute approximate surface area is 285 Å². The highest BCUT2D eigenvalue weighted by Crippen LogP contribution is 2.27. The van der Waals surface area contributed by atoms with Crippen molar-refractivity contribution in [2.24, 2.45) is 0 Å². The summed E-state index contributed by atoms with van der Waals surface area (Å²) in [6.45, 7) is 9.46. The highest BCUT2D eigenvalue weighted by molar-refractivity contribution is 7.92. The zero-order valence-corrected chi connectivity index (χ0v) is 29.5. The van der Waals surface area contributed by atoms with Crippen molar-refractivity contribution < 1.29 is 22.7 Å². The summed E-state index contributed by atoms with van der Waals surface area (Å²) in [7, 11) is -2.61. The number of benzene rings is 4. The molecule has 0 aliphatic rings. The van der Waals surface area contributed by atoms with E-state index < -0.39 is 28.5 Å². The van der Waals surface area contributed by atoms with E-state index in [1.807, 2.05) is 87.5 Å². The second-order valence-electron chi connectivity index (χ2n) is 12.5. The molecule has 0 aliphatic carbocycles. The molecular weight excluding hydrogens is 623 g/mol. The molecule has 0 bridgehead atoms. The van der Waals surface area contributed by atoms with E-state index in [1.165, 1.54) is 4.90 Å². The molecule has 4 rings (SSSR count). The average molecular weight is 670 g/mol. The van der Waals surface area contributed by atoms with Gasteiger partial charge in [-0.2, -0.15) is 0 Å². The maximum Gasteiger partial charge on any atom is 0.264 e. The van der Waals surface area contributed by atoms with Crippen LogP contribution < -0.4 is 14.4 Å². The van der Waals surface area contributed by atoms with Gasteiger partial charge in [-0.3, -0.25) is 13.9 Å². The van der Waals surface area contributed by atoms with Gasteiger partial charge < -0.3 is 15.0 Å². The Bertz CT molecular complexity index is 1760. The van der Waals surface area contributed by atoms with Crippen LogP contribution in [0.1, 0.15) is 62.3 Å². The molecule has 1 N–H and O–H groups in total. The van der Waals surface area contributed by atoms with E-state index in [2.05, 4.69) is 19.2 Å². The van der Waals surface area contributed by atoms with Gasteiger partial charge in [0.1, 0.15) is 18.3 Å². The molecule has 0 unspecified atom stereocenters. The number of anilines is 1. The average Bonchev–Trinajstić information content (AvgIpc) is 3.09. The number of nitrogens with zero attached hydrogens (tertiary/aromatic N) is 2. The summed E-state index contributed by atoms with van der Waals surface area (Å²) in [5.41, 5.74) is 3.93. The van der Waals surface area contributed by atoms with Crippen molar-refractivity contribution in [1.82, 2.24) is 10.2 Å². The number of hydrogen-bond donors (Lipinski definition) is 1. The molecule has 8 nitrogen and oxygen atoms in total. The minimum Gasteiger partial charge on any atom is -0.497 e. The van der Waals surface area contributed by atoms with Gasteiger partial charge in [0.05, 0.1) is 17.7 Å². The smallest absolute Gasteiger partial charge is 0.264 e. The van der Waals surface area contributed by atoms with Crippen LogP contribution >= 0.6 is 0 Å². The number of aryl methyl sites for hydroxylation is 1. The van der Waals surface area contributed by atoms with Crippen molar-refractivity contribution in [2.45, 2.75) is 76.9 Å². The van der Waals surface area contributed by atoms with Crippen LogP contribution in [0.4, 0.5) is 5.69 Å². The van der Waals surface area contributed by atoms with Gasteiger partial charge in [0, 0.05) is 19.0 Å². The fourth-order valence-electron chi connectivity index (χ4n) is 5.35. The lowest BCUT2D eigenvalue weighted by Crippen LogP contribution is -2.54. The zero-order valence-electron chi connectivity index (χ0n) is 28.7. The normalized spacial score (nSPS) is 12.6. The summed E-state index contributed by atoms with van der Waals surface area (Å²) in [6.07, 6.45) is 0.954. The first-order chi connectivity index (χ1) is 22.9. The van der Waals surface area contributed by atoms with E-state index in [-0.39, 0.29) is 35.7 Å². The molecule has 2 atom stereocenters. The fraction of sp³-hybridized carbons (Fsp3) is 0.333. The summed E-state index contributed by atoms with van der Waals surface area (Å²) in [4.78, 5) is 30.3. The first-order valence-corrected chi connectivity index (χ1v) is 17.8. The van der Waals surface area contributed by atoms with Gasteiger partial charge in [-0.15, -0.1) is 0 Å². The Hall–Kier alpha value is -4.63. The lowest BCUT2D eigenvalue weighted by molar-refractivity contribution is -0.140. The van der Waals surface area contributed by atoms with E-state index in [4.69, 9.17) is 4.74 Å². The second kappa shape index (κ2) is 16.5. The molecule has 0 saturated heterocycles. The molecule has 4 aromatic rings. The number of hydrogen-bond acceptors (Lipinski definition) is 5. The number of carbonyl (C=O) groups excluding carboxylic acids is 2. The van der Waals surface area contributed by atoms with Gasteiger partial charge in [0.15, 0.2) is 0 Å². The van der Waals surface area contributed by atoms with Crippen LogP contribution in [0.5, 0.6) is 5.75 Å². The van der Waals surface area contributed by atoms with Crippen molar-refractivity contribution in [1.29, 1.82) is 0 Å². The van der Waals surface area contributed by atoms with Crippen molar-refractivity contribution in [3.8, 4) is 5.75 Å². The Kier molecular flexibility index (Phi) is 12.4. The Morgan fingerprint density at radius 1 is 0.833 bits per heavy atom. The second-order valence-corrected chi connectivity index (χ2v) is 14.3. The quantitative estimate of drug-likeness (QED) is 0.149. The number of nitrogens with one attached hydrogen (secondary N) is 1. The molecule has 2 amide bonds. The number of methoxy groups -OCH3 is 1. The molecule has 9 heteroatoms. The molecule has 0 radical (unpaired) electrons. The van der Waals surface area contributed by atoms with Crippen molar-refractivity contribution >= 4 is 27.5 Å². The van der Waals surface area contributed by atoms with Gasteiger partial charge in [0.25, 0.3) is 10.0 Å². The summed E-state index contributed by atoms with van der Waals surface area (Å²) in [5.74, 6) is 0.0293. The maximum atomic E-state index is 14.7. The monoisotopic (exact) mass is 669 g/mol. The van der Waals surface area contributed by atoms with E-state index >= 15 is 0 Å². The topological polar surface area (TPSA) is 96.0 Å². The van der Waals surface area contributed by atoms with Crippen molar-refractivity contribution in [3.63, 3.8) is 0 Å². The van der Waals surface area contributed by atoms with Crippen LogP contribution in [-0.2, 0) is 32.6 Å². The van der Waals surface area contributed by atoms with Crippen LogP contribution in [0.2, 0.25) is 0 Å². The third-order valence-corrected chi connectivity index (χ3v) is 10.3. The van der Waals surface area contributed by atoms with E-state index in [1.54, 1.807) is 43.5 Å². The van der Waals surface area contributed by atoms with Crippen LogP contribution in [0.25, 0.3) is 0 Å². The van der Waals surface area contributed by atoms with Gasteiger partial charge >= 0.3 is 0 Å². The van der Waals surface area contributed by atoms with Crippen molar-refractivity contribution in [2.75, 3.05) is 18.0 Å². The molecule has 48 heavy (non-hydrogen) atoms. The highest BCUT2D eigenvalue weighted by Gasteiger charge is 2.35. The third kappa shape index (κ3) is 9.25. The molecule has 0 saturated carbocycles. The Balaban J connectivity index is 1.83. The first-order valence-electron chi connectivity index (χ1n) is 16.4. The Morgan fingerprint density at radius 2 is 1.48 bits per heavy atom. The number of rotatable bonds is 15. The lowest BCUT2D eigenvalue weighted by atomic mass is 10.0. The summed E-state index contributed by atoms with van der Waals surface area (Å²) in [6, 6.07) is 29.6. The molecule has 0 aromatic heterocycles. The SMILES string of the molecule is CC[C@H](C)NC(=O)[C@@H](Cc1ccccc1)N(Cc1cccc(OC)c1)C(=O)CN(c1ccc(C(C)C)cc1)S(=O)(=O)c1ccc(C)cc1. The van der Waals surface area contributed by atoms with Crippen LogP contribution in [-0.4, -0.2) is 50.9 Å². The first kappa shape index (κ1) is 36.2. The molecule has 4 aromatic carbocycles. The molecule has 0 fully saturated rings. The number of carbonyl (C=O) groups is 2. The van der Waals surface area contributed by atoms with Gasteiger partial charge in [-0.05, 0) is 79.3 Å². The minimum atomic E-state index is -4.18. The van der Waals surface area contributed by atoms with E-state index in [0.29, 0.717) is 17.9 Å². The molecule has 254 valence electrons. The molecular formula is C39H47N3O5S. The zero-order chi connectivity index (χ0) is 34.8. The minimum absolute atomic E-state index is 0.0617. The van der Waals surface area contributed by atoms with Crippen LogP contribution in [0, 0.1) is 6.92 Å². The summed E-state index contributed by atoms with van der Waals surface area (Å²) >= 11 is 0. The lowest BCUT2D eigenvalue weighted by Gasteiger charge is -2.34. The van der Waals surface area contributed by atoms with Crippen LogP contribution in [0.15, 0.2) is 108 Å². The predicted octanol–water partition coefficient (Wildman–Crippen LogP) is 6.88. The largest absolute Gasteiger partial charge is 0.497 e. The Morgan fingerprint density at radius 3 is 2.08 bits per heavy atom. The number of amides is 2. The third-order valence-electron chi connectivity index (χ3n) is 8.49. The van der Waals surface area contributed by atoms with E-state index in [9.17, 15) is 18.0 Å². The van der Waals surface area contributed by atoms with Crippen LogP contribution in [0.3, 0.4) is 0 Å². The maximum absolute atomic E-state index is 14.7. The highest BCUT2D eigenvalue weighted by atomic mass is 32.2. The van der Waals surface area contributed by atoms with Gasteiger partial charge in [-0.1, -0.05) is 93.1 Å². The van der Waals surface area contributed by atoms with E-state index in [0.717, 1.165) is 26.6 Å². The van der Waals surface area contributed by atoms with Gasteiger partial charge in [0.2, 0.25) is 11.8 Å². The number of sulfonamides is 1. The standard InChI is InChI=1S/C39H47N3O5S/c1-7-30(5)40-39(44)37(25-31-12-9-8-10-13-31)41(26-32-14-11-15-35(24-32)47-6)38(43)27-42(34-20-18-33(19-21-34)28(2)3)48(45,46)36-22-16-29(4)17-23-36/h8-24,28,30,37H,7,25-27H2,1-6H3,(H,40,44)/t30-,37+/m0/s1. The molecule has 0 heterocycles. The summed E-state index contributed by atoms with van der Waals surface area (Å²) in [5, 5.41) is 3.07. The predicted molar refractivity (Wildman–Crippen MR) is 192 cm³/mol. The number of ether oxygens (including phenoxy) is 1. The fourth-order valence-corrected chi connectivity index (χ4v) is 6.77. The molecule has 0 aliphatic heterocycles. The van der Waals surface area contributed by atoms with Crippen molar-refractivity contribution in [3.05, 3.63) is 125 Å². The summed E-state index contributed by atoms with van der Waals surface area (Å²) < 4.78 is 35.2.